The molecule has 0 aliphatic heterocycles. The summed E-state index contributed by atoms with van der Waals surface area (Å²) in [6, 6.07) is 0. The monoisotopic (exact) mass is 230 g/mol. The van der Waals surface area contributed by atoms with Crippen LogP contribution in [0.15, 0.2) is 6.33 Å². The smallest absolute Gasteiger partial charge is 0.221 e. The number of halogens is 1. The first-order valence-corrected chi connectivity index (χ1v) is 5.40. The van der Waals surface area contributed by atoms with Gasteiger partial charge >= 0.3 is 0 Å². The summed E-state index contributed by atoms with van der Waals surface area (Å²) < 4.78 is 5.42. The summed E-state index contributed by atoms with van der Waals surface area (Å²) in [6.45, 7) is 2.61. The Labute approximate surface area is 94.3 Å². The van der Waals surface area contributed by atoms with E-state index in [0.717, 1.165) is 18.4 Å². The van der Waals surface area contributed by atoms with E-state index in [0.29, 0.717) is 24.1 Å². The van der Waals surface area contributed by atoms with Gasteiger partial charge in [0.25, 0.3) is 0 Å². The second-order valence-corrected chi connectivity index (χ2v) is 3.48. The minimum atomic E-state index is 0.113. The molecule has 1 heterocycles. The lowest BCUT2D eigenvalue weighted by Gasteiger charge is -2.09. The number of hydrogen-bond acceptors (Lipinski definition) is 4. The predicted octanol–water partition coefficient (Wildman–Crippen LogP) is 1.84. The minimum Gasteiger partial charge on any atom is -0.477 e. The fraction of sp³-hybridized carbons (Fsp3) is 0.600. The van der Waals surface area contributed by atoms with Crippen LogP contribution in [0.1, 0.15) is 25.3 Å². The first-order valence-electron chi connectivity index (χ1n) is 5.02. The van der Waals surface area contributed by atoms with Crippen molar-refractivity contribution in [2.45, 2.75) is 26.2 Å². The number of ether oxygens (including phenoxy) is 1. The molecule has 4 nitrogen and oxygen atoms in total. The van der Waals surface area contributed by atoms with E-state index >= 15 is 0 Å². The first-order chi connectivity index (χ1) is 7.29. The van der Waals surface area contributed by atoms with E-state index in [1.807, 2.05) is 0 Å². The van der Waals surface area contributed by atoms with Gasteiger partial charge in [-0.2, -0.15) is 0 Å². The SMILES string of the molecule is CCCc1c(Cl)ncnc1OCCCO. The van der Waals surface area contributed by atoms with Gasteiger partial charge in [0.1, 0.15) is 11.5 Å². The highest BCUT2D eigenvalue weighted by Crippen LogP contribution is 2.23. The molecule has 0 atom stereocenters. The van der Waals surface area contributed by atoms with Gasteiger partial charge in [-0.15, -0.1) is 0 Å². The fourth-order valence-corrected chi connectivity index (χ4v) is 1.41. The summed E-state index contributed by atoms with van der Waals surface area (Å²) in [5.41, 5.74) is 0.847. The molecule has 84 valence electrons. The Morgan fingerprint density at radius 3 is 2.93 bits per heavy atom. The van der Waals surface area contributed by atoms with Crippen LogP contribution in [0.3, 0.4) is 0 Å². The van der Waals surface area contributed by atoms with Crippen LogP contribution in [-0.2, 0) is 6.42 Å². The van der Waals surface area contributed by atoms with Crippen molar-refractivity contribution in [3.05, 3.63) is 17.0 Å². The lowest BCUT2D eigenvalue weighted by Crippen LogP contribution is -2.05. The van der Waals surface area contributed by atoms with Crippen LogP contribution >= 0.6 is 11.6 Å². The molecular weight excluding hydrogens is 216 g/mol. The molecule has 0 bridgehead atoms. The van der Waals surface area contributed by atoms with Crippen molar-refractivity contribution in [1.29, 1.82) is 0 Å². The number of aliphatic hydroxyl groups is 1. The van der Waals surface area contributed by atoms with Gasteiger partial charge in [0, 0.05) is 13.0 Å². The molecule has 0 unspecified atom stereocenters. The van der Waals surface area contributed by atoms with E-state index in [1.165, 1.54) is 6.33 Å². The average Bonchev–Trinajstić information content (AvgIpc) is 2.23. The zero-order valence-electron chi connectivity index (χ0n) is 8.74. The number of aromatic nitrogens is 2. The third-order valence-electron chi connectivity index (χ3n) is 1.89. The number of hydrogen-bond donors (Lipinski definition) is 1. The van der Waals surface area contributed by atoms with E-state index in [9.17, 15) is 0 Å². The second kappa shape index (κ2) is 6.58. The molecule has 1 rings (SSSR count). The molecule has 5 heteroatoms. The van der Waals surface area contributed by atoms with Gasteiger partial charge in [-0.3, -0.25) is 0 Å². The molecule has 1 aromatic heterocycles. The van der Waals surface area contributed by atoms with Crippen molar-refractivity contribution in [1.82, 2.24) is 9.97 Å². The van der Waals surface area contributed by atoms with Gasteiger partial charge < -0.3 is 9.84 Å². The molecule has 0 aromatic carbocycles. The zero-order valence-corrected chi connectivity index (χ0v) is 9.50. The van der Waals surface area contributed by atoms with Crippen molar-refractivity contribution in [3.63, 3.8) is 0 Å². The van der Waals surface area contributed by atoms with Gasteiger partial charge in [0.15, 0.2) is 0 Å². The molecule has 1 N–H and O–H groups in total. The Hall–Kier alpha value is -0.870. The molecule has 0 aliphatic carbocycles. The summed E-state index contributed by atoms with van der Waals surface area (Å²) in [7, 11) is 0. The van der Waals surface area contributed by atoms with E-state index < -0.39 is 0 Å². The Balaban J connectivity index is 2.71. The molecule has 0 saturated carbocycles. The summed E-state index contributed by atoms with van der Waals surface area (Å²) in [5, 5.41) is 9.08. The van der Waals surface area contributed by atoms with Gasteiger partial charge in [0.2, 0.25) is 5.88 Å². The Kier molecular flexibility index (Phi) is 5.36. The van der Waals surface area contributed by atoms with Crippen molar-refractivity contribution in [2.24, 2.45) is 0 Å². The minimum absolute atomic E-state index is 0.113. The maximum Gasteiger partial charge on any atom is 0.221 e. The molecule has 15 heavy (non-hydrogen) atoms. The van der Waals surface area contributed by atoms with Crippen LogP contribution in [-0.4, -0.2) is 28.3 Å². The molecule has 0 aliphatic rings. The van der Waals surface area contributed by atoms with Crippen LogP contribution in [0.5, 0.6) is 5.88 Å². The van der Waals surface area contributed by atoms with Crippen molar-refractivity contribution in [2.75, 3.05) is 13.2 Å². The van der Waals surface area contributed by atoms with Crippen molar-refractivity contribution < 1.29 is 9.84 Å². The maximum atomic E-state index is 8.63. The van der Waals surface area contributed by atoms with Gasteiger partial charge in [-0.05, 0) is 6.42 Å². The molecule has 0 amide bonds. The standard InChI is InChI=1S/C10H15ClN2O2/c1-2-4-8-9(11)12-7-13-10(8)15-6-3-5-14/h7,14H,2-6H2,1H3. The normalized spacial score (nSPS) is 10.3. The highest BCUT2D eigenvalue weighted by Gasteiger charge is 2.09. The summed E-state index contributed by atoms with van der Waals surface area (Å²) in [5.74, 6) is 0.533. The lowest BCUT2D eigenvalue weighted by atomic mass is 10.2. The lowest BCUT2D eigenvalue weighted by molar-refractivity contribution is 0.228. The van der Waals surface area contributed by atoms with Crippen molar-refractivity contribution in [3.8, 4) is 5.88 Å². The topological polar surface area (TPSA) is 55.2 Å². The second-order valence-electron chi connectivity index (χ2n) is 3.12. The molecular formula is C10H15ClN2O2. The average molecular weight is 231 g/mol. The number of nitrogens with zero attached hydrogens (tertiary/aromatic N) is 2. The summed E-state index contributed by atoms with van der Waals surface area (Å²) in [4.78, 5) is 7.94. The number of aliphatic hydroxyl groups excluding tert-OH is 1. The van der Waals surface area contributed by atoms with E-state index in [-0.39, 0.29) is 6.61 Å². The predicted molar refractivity (Wildman–Crippen MR) is 58.2 cm³/mol. The third kappa shape index (κ3) is 3.64. The maximum absolute atomic E-state index is 8.63. The molecule has 1 aromatic rings. The van der Waals surface area contributed by atoms with Crippen LogP contribution in [0, 0.1) is 0 Å². The molecule has 0 spiro atoms. The Morgan fingerprint density at radius 2 is 2.27 bits per heavy atom. The van der Waals surface area contributed by atoms with Crippen molar-refractivity contribution >= 4 is 11.6 Å². The van der Waals surface area contributed by atoms with Crippen LogP contribution in [0.25, 0.3) is 0 Å². The van der Waals surface area contributed by atoms with Gasteiger partial charge in [-0.1, -0.05) is 24.9 Å². The quantitative estimate of drug-likeness (QED) is 0.599. The largest absolute Gasteiger partial charge is 0.477 e. The molecule has 0 fully saturated rings. The van der Waals surface area contributed by atoms with E-state index in [2.05, 4.69) is 16.9 Å². The highest BCUT2D eigenvalue weighted by atomic mass is 35.5. The highest BCUT2D eigenvalue weighted by molar-refractivity contribution is 6.30. The molecule has 0 radical (unpaired) electrons. The van der Waals surface area contributed by atoms with E-state index in [4.69, 9.17) is 21.4 Å². The zero-order chi connectivity index (χ0) is 11.1. The summed E-state index contributed by atoms with van der Waals surface area (Å²) in [6.07, 6.45) is 3.74. The van der Waals surface area contributed by atoms with Gasteiger partial charge in [-0.25, -0.2) is 9.97 Å². The van der Waals surface area contributed by atoms with E-state index in [1.54, 1.807) is 0 Å². The van der Waals surface area contributed by atoms with Gasteiger partial charge in [0.05, 0.1) is 12.2 Å². The van der Waals surface area contributed by atoms with Crippen LogP contribution in [0.4, 0.5) is 0 Å². The fourth-order valence-electron chi connectivity index (χ4n) is 1.19. The third-order valence-corrected chi connectivity index (χ3v) is 2.22. The Morgan fingerprint density at radius 1 is 1.47 bits per heavy atom. The number of rotatable bonds is 6. The van der Waals surface area contributed by atoms with Crippen LogP contribution in [0.2, 0.25) is 5.15 Å². The summed E-state index contributed by atoms with van der Waals surface area (Å²) >= 11 is 5.94. The van der Waals surface area contributed by atoms with Crippen LogP contribution < -0.4 is 4.74 Å². The molecule has 0 saturated heterocycles. The Bertz CT molecular complexity index is 307. The first kappa shape index (κ1) is 12.2.